The van der Waals surface area contributed by atoms with Crippen LogP contribution in [0.4, 0.5) is 0 Å². The number of carbonyl (C=O) groups excluding carboxylic acids is 2. The van der Waals surface area contributed by atoms with Crippen LogP contribution in [0.3, 0.4) is 0 Å². The Labute approximate surface area is 224 Å². The van der Waals surface area contributed by atoms with E-state index in [4.69, 9.17) is 9.72 Å². The van der Waals surface area contributed by atoms with Gasteiger partial charge < -0.3 is 14.6 Å². The zero-order chi connectivity index (χ0) is 26.4. The topological polar surface area (TPSA) is 73.2 Å². The average Bonchev–Trinajstić information content (AvgIpc) is 3.65. The fourth-order valence-corrected chi connectivity index (χ4v) is 6.14. The van der Waals surface area contributed by atoms with Crippen molar-refractivity contribution >= 4 is 34.1 Å². The maximum Gasteiger partial charge on any atom is 0.223 e. The van der Waals surface area contributed by atoms with Gasteiger partial charge in [-0.25, -0.2) is 4.98 Å². The number of Topliss-reactive ketones (excluding diaryl/α,β-unsaturated/α-hetero) is 1. The van der Waals surface area contributed by atoms with Gasteiger partial charge in [0.05, 0.1) is 17.1 Å². The first-order chi connectivity index (χ1) is 17.9. The van der Waals surface area contributed by atoms with E-state index in [9.17, 15) is 9.59 Å². The van der Waals surface area contributed by atoms with Crippen molar-refractivity contribution in [2.75, 3.05) is 13.2 Å². The number of hydrogen-bond acceptors (Lipinski definition) is 5. The van der Waals surface area contributed by atoms with Crippen molar-refractivity contribution in [3.63, 3.8) is 0 Å². The van der Waals surface area contributed by atoms with Crippen molar-refractivity contribution in [2.24, 2.45) is 11.8 Å². The fraction of sp³-hybridized carbons (Fsp3) is 0.567. The fourth-order valence-electron chi connectivity index (χ4n) is 5.43. The Morgan fingerprint density at radius 1 is 1.22 bits per heavy atom. The predicted octanol–water partition coefficient (Wildman–Crippen LogP) is 6.58. The minimum Gasteiger partial charge on any atom is -0.376 e. The molecule has 0 radical (unpaired) electrons. The summed E-state index contributed by atoms with van der Waals surface area (Å²) in [5, 5.41) is 5.14. The van der Waals surface area contributed by atoms with E-state index < -0.39 is 0 Å². The number of imidazole rings is 1. The summed E-state index contributed by atoms with van der Waals surface area (Å²) in [6.45, 7) is 9.90. The third kappa shape index (κ3) is 6.88. The van der Waals surface area contributed by atoms with Crippen LogP contribution in [0.1, 0.15) is 93.3 Å². The lowest BCUT2D eigenvalue weighted by atomic mass is 9.89. The number of aromatic nitrogens is 2. The number of ether oxygens (including phenoxy) is 1. The molecule has 7 heteroatoms. The maximum absolute atomic E-state index is 13.4. The van der Waals surface area contributed by atoms with Crippen LogP contribution in [0, 0.1) is 11.8 Å². The van der Waals surface area contributed by atoms with Gasteiger partial charge in [0.15, 0.2) is 5.78 Å². The molecule has 2 atom stereocenters. The molecule has 37 heavy (non-hydrogen) atoms. The van der Waals surface area contributed by atoms with Crippen molar-refractivity contribution in [3.8, 4) is 0 Å². The molecule has 1 amide bonds. The SMILES string of the molecule is CCC(CC)n1c(Cc2cccs2)nc2cc(C(=O)C[C@@H](CC(C)C)C(=O)NC[C@H]3CCCO3)ccc21. The van der Waals surface area contributed by atoms with Crippen molar-refractivity contribution < 1.29 is 14.3 Å². The Morgan fingerprint density at radius 3 is 2.68 bits per heavy atom. The minimum absolute atomic E-state index is 0.00305. The van der Waals surface area contributed by atoms with Crippen molar-refractivity contribution in [1.29, 1.82) is 0 Å². The van der Waals surface area contributed by atoms with Gasteiger partial charge in [-0.05, 0) is 67.7 Å². The number of amides is 1. The molecule has 3 heterocycles. The molecule has 1 aliphatic rings. The normalized spacial score (nSPS) is 16.6. The van der Waals surface area contributed by atoms with Gasteiger partial charge in [-0.1, -0.05) is 33.8 Å². The average molecular weight is 524 g/mol. The van der Waals surface area contributed by atoms with E-state index in [2.05, 4.69) is 55.1 Å². The Bertz CT molecular complexity index is 1170. The van der Waals surface area contributed by atoms with Crippen LogP contribution in [0.25, 0.3) is 11.0 Å². The zero-order valence-corrected chi connectivity index (χ0v) is 23.5. The van der Waals surface area contributed by atoms with Gasteiger partial charge in [0.1, 0.15) is 5.82 Å². The number of ketones is 1. The van der Waals surface area contributed by atoms with Crippen LogP contribution in [-0.2, 0) is 16.0 Å². The lowest BCUT2D eigenvalue weighted by Gasteiger charge is -2.20. The van der Waals surface area contributed by atoms with Crippen molar-refractivity contribution in [1.82, 2.24) is 14.9 Å². The molecular formula is C30H41N3O3S. The Balaban J connectivity index is 1.55. The number of thiophene rings is 1. The lowest BCUT2D eigenvalue weighted by molar-refractivity contribution is -0.126. The molecule has 0 unspecified atom stereocenters. The smallest absolute Gasteiger partial charge is 0.223 e. The Kier molecular flexibility index (Phi) is 9.54. The van der Waals surface area contributed by atoms with Gasteiger partial charge >= 0.3 is 0 Å². The molecule has 6 nitrogen and oxygen atoms in total. The second-order valence-corrected chi connectivity index (χ2v) is 11.7. The van der Waals surface area contributed by atoms with Crippen LogP contribution < -0.4 is 5.32 Å². The standard InChI is InChI=1S/C30H41N3O3S/c1-5-23(6-2)33-27-12-11-21(16-26(27)32-29(33)18-25-10-8-14-37-25)28(34)17-22(15-20(3)4)30(35)31-19-24-9-7-13-36-24/h8,10-12,14,16,20,22-24H,5-7,9,13,15,17-19H2,1-4H3,(H,31,35)/t22-,24-/m1/s1. The number of benzene rings is 1. The number of fused-ring (bicyclic) bond motifs is 1. The van der Waals surface area contributed by atoms with E-state index in [0.717, 1.165) is 55.6 Å². The number of rotatable bonds is 13. The predicted molar refractivity (Wildman–Crippen MR) is 150 cm³/mol. The molecule has 1 saturated heterocycles. The van der Waals surface area contributed by atoms with Crippen LogP contribution >= 0.6 is 11.3 Å². The molecule has 1 aliphatic heterocycles. The molecule has 200 valence electrons. The zero-order valence-electron chi connectivity index (χ0n) is 22.7. The quantitative estimate of drug-likeness (QED) is 0.257. The highest BCUT2D eigenvalue weighted by molar-refractivity contribution is 7.09. The van der Waals surface area contributed by atoms with Crippen LogP contribution in [0.15, 0.2) is 35.7 Å². The molecule has 2 aromatic heterocycles. The maximum atomic E-state index is 13.4. The summed E-state index contributed by atoms with van der Waals surface area (Å²) in [6.07, 6.45) is 5.83. The number of nitrogens with one attached hydrogen (secondary N) is 1. The molecule has 1 N–H and O–H groups in total. The summed E-state index contributed by atoms with van der Waals surface area (Å²) in [7, 11) is 0. The van der Waals surface area contributed by atoms with E-state index in [0.29, 0.717) is 30.5 Å². The third-order valence-electron chi connectivity index (χ3n) is 7.39. The molecule has 1 fully saturated rings. The van der Waals surface area contributed by atoms with Gasteiger partial charge in [-0.15, -0.1) is 11.3 Å². The van der Waals surface area contributed by atoms with Gasteiger partial charge in [-0.3, -0.25) is 9.59 Å². The summed E-state index contributed by atoms with van der Waals surface area (Å²) in [4.78, 5) is 32.7. The molecule has 1 aromatic carbocycles. The van der Waals surface area contributed by atoms with Crippen LogP contribution in [0.5, 0.6) is 0 Å². The van der Waals surface area contributed by atoms with E-state index in [1.807, 2.05) is 18.2 Å². The summed E-state index contributed by atoms with van der Waals surface area (Å²) in [5.74, 6) is 0.971. The first kappa shape index (κ1) is 27.5. The van der Waals surface area contributed by atoms with Gasteiger partial charge in [0.25, 0.3) is 0 Å². The molecule has 3 aromatic rings. The summed E-state index contributed by atoms with van der Waals surface area (Å²) in [6, 6.07) is 10.5. The van der Waals surface area contributed by atoms with Crippen LogP contribution in [0.2, 0.25) is 0 Å². The number of nitrogens with zero attached hydrogens (tertiary/aromatic N) is 2. The molecule has 0 bridgehead atoms. The Morgan fingerprint density at radius 2 is 2.03 bits per heavy atom. The summed E-state index contributed by atoms with van der Waals surface area (Å²) >= 11 is 1.74. The molecule has 4 rings (SSSR count). The molecule has 0 aliphatic carbocycles. The molecule has 0 saturated carbocycles. The van der Waals surface area contributed by atoms with Gasteiger partial charge in [0.2, 0.25) is 5.91 Å². The van der Waals surface area contributed by atoms with Gasteiger partial charge in [-0.2, -0.15) is 0 Å². The number of hydrogen-bond donors (Lipinski definition) is 1. The van der Waals surface area contributed by atoms with E-state index >= 15 is 0 Å². The highest BCUT2D eigenvalue weighted by Gasteiger charge is 2.26. The van der Waals surface area contributed by atoms with E-state index in [1.165, 1.54) is 4.88 Å². The summed E-state index contributed by atoms with van der Waals surface area (Å²) in [5.41, 5.74) is 2.56. The van der Waals surface area contributed by atoms with Crippen LogP contribution in [-0.4, -0.2) is 40.5 Å². The molecular weight excluding hydrogens is 482 g/mol. The lowest BCUT2D eigenvalue weighted by Crippen LogP contribution is -2.37. The Hall–Kier alpha value is -2.51. The first-order valence-corrected chi connectivity index (χ1v) is 14.7. The molecule has 0 spiro atoms. The van der Waals surface area contributed by atoms with E-state index in [-0.39, 0.29) is 30.1 Å². The van der Waals surface area contributed by atoms with Gasteiger partial charge in [0, 0.05) is 48.4 Å². The third-order valence-corrected chi connectivity index (χ3v) is 8.27. The van der Waals surface area contributed by atoms with Crippen molar-refractivity contribution in [3.05, 3.63) is 52.0 Å². The highest BCUT2D eigenvalue weighted by atomic mass is 32.1. The largest absolute Gasteiger partial charge is 0.376 e. The van der Waals surface area contributed by atoms with E-state index in [1.54, 1.807) is 11.3 Å². The highest BCUT2D eigenvalue weighted by Crippen LogP contribution is 2.29. The van der Waals surface area contributed by atoms with Crippen molar-refractivity contribution in [2.45, 2.75) is 84.8 Å². The minimum atomic E-state index is -0.346. The number of carbonyl (C=O) groups is 2. The second-order valence-electron chi connectivity index (χ2n) is 10.7. The summed E-state index contributed by atoms with van der Waals surface area (Å²) < 4.78 is 8.01. The monoisotopic (exact) mass is 523 g/mol. The first-order valence-electron chi connectivity index (χ1n) is 13.8. The second kappa shape index (κ2) is 12.8.